The molecule has 0 aliphatic carbocycles. The number of nitrogens with zero attached hydrogens (tertiary/aromatic N) is 1. The van der Waals surface area contributed by atoms with Gasteiger partial charge in [0.05, 0.1) is 0 Å². The monoisotopic (exact) mass is 371 g/mol. The zero-order chi connectivity index (χ0) is 18.5. The highest BCUT2D eigenvalue weighted by atomic mass is 32.1. The summed E-state index contributed by atoms with van der Waals surface area (Å²) < 4.78 is 13.3. The van der Waals surface area contributed by atoms with Gasteiger partial charge in [0.1, 0.15) is 11.6 Å². The van der Waals surface area contributed by atoms with Gasteiger partial charge in [0.25, 0.3) is 0 Å². The Morgan fingerprint density at radius 2 is 2.15 bits per heavy atom. The predicted octanol–water partition coefficient (Wildman–Crippen LogP) is 5.04. The van der Waals surface area contributed by atoms with Gasteiger partial charge >= 0.3 is 0 Å². The molecule has 3 aromatic rings. The molecule has 0 aliphatic heterocycles. The van der Waals surface area contributed by atoms with Crippen LogP contribution >= 0.6 is 12.6 Å². The third-order valence-corrected chi connectivity index (χ3v) is 4.71. The van der Waals surface area contributed by atoms with Crippen molar-refractivity contribution in [1.82, 2.24) is 9.97 Å². The average Bonchev–Trinajstić information content (AvgIpc) is 3.05. The van der Waals surface area contributed by atoms with Crippen LogP contribution in [-0.2, 0) is 4.79 Å². The minimum Gasteiger partial charge on any atom is -0.360 e. The quantitative estimate of drug-likeness (QED) is 0.509. The number of nitrogens with one attached hydrogen (secondary N) is 2. The highest BCUT2D eigenvalue weighted by molar-refractivity contribution is 7.80. The maximum Gasteiger partial charge on any atom is 0.228 e. The average molecular weight is 371 g/mol. The van der Waals surface area contributed by atoms with Crippen molar-refractivity contribution in [2.24, 2.45) is 5.92 Å². The van der Waals surface area contributed by atoms with Crippen LogP contribution in [0.3, 0.4) is 0 Å². The highest BCUT2D eigenvalue weighted by Crippen LogP contribution is 2.29. The van der Waals surface area contributed by atoms with Gasteiger partial charge in [-0.2, -0.15) is 12.6 Å². The molecule has 0 radical (unpaired) electrons. The van der Waals surface area contributed by atoms with Crippen LogP contribution in [0.5, 0.6) is 0 Å². The zero-order valence-electron chi connectivity index (χ0n) is 14.6. The third kappa shape index (κ3) is 4.07. The van der Waals surface area contributed by atoms with Crippen molar-refractivity contribution in [3.63, 3.8) is 0 Å². The van der Waals surface area contributed by atoms with Crippen LogP contribution in [0.2, 0.25) is 0 Å². The van der Waals surface area contributed by atoms with Crippen molar-refractivity contribution in [1.29, 1.82) is 0 Å². The molecule has 1 unspecified atom stereocenters. The Kier molecular flexibility index (Phi) is 5.93. The van der Waals surface area contributed by atoms with E-state index in [9.17, 15) is 9.18 Å². The topological polar surface area (TPSA) is 57.8 Å². The van der Waals surface area contributed by atoms with Crippen LogP contribution in [0.1, 0.15) is 26.2 Å². The Labute approximate surface area is 157 Å². The standard InChI is InChI=1S/C20H22FN3OS/c1-2-3-13(8-9-26)20(25)24-19-7-4-14(11-23-19)17-12-22-18-10-15(21)5-6-16(17)18/h4-7,10-13,22,26H,2-3,8-9H2,1H3,(H,23,24,25). The maximum absolute atomic E-state index is 13.3. The number of amides is 1. The van der Waals surface area contributed by atoms with Gasteiger partial charge in [0.15, 0.2) is 0 Å². The molecular weight excluding hydrogens is 349 g/mol. The van der Waals surface area contributed by atoms with Crippen LogP contribution in [0.4, 0.5) is 10.2 Å². The van der Waals surface area contributed by atoms with Crippen molar-refractivity contribution in [2.75, 3.05) is 11.1 Å². The minimum atomic E-state index is -0.273. The van der Waals surface area contributed by atoms with Crippen LogP contribution in [0.15, 0.2) is 42.7 Å². The number of benzene rings is 1. The lowest BCUT2D eigenvalue weighted by Crippen LogP contribution is -2.23. The molecule has 2 aromatic heterocycles. The van der Waals surface area contributed by atoms with E-state index in [1.165, 1.54) is 12.1 Å². The van der Waals surface area contributed by atoms with Crippen LogP contribution in [-0.4, -0.2) is 21.6 Å². The van der Waals surface area contributed by atoms with Crippen LogP contribution in [0, 0.1) is 11.7 Å². The minimum absolute atomic E-state index is 0.0104. The first-order valence-corrected chi connectivity index (χ1v) is 9.40. The van der Waals surface area contributed by atoms with E-state index in [0.717, 1.165) is 41.3 Å². The fraction of sp³-hybridized carbons (Fsp3) is 0.300. The van der Waals surface area contributed by atoms with Crippen molar-refractivity contribution in [2.45, 2.75) is 26.2 Å². The maximum atomic E-state index is 13.3. The van der Waals surface area contributed by atoms with Crippen molar-refractivity contribution < 1.29 is 9.18 Å². The lowest BCUT2D eigenvalue weighted by molar-refractivity contribution is -0.120. The largest absolute Gasteiger partial charge is 0.360 e. The summed E-state index contributed by atoms with van der Waals surface area (Å²) in [4.78, 5) is 19.8. The Morgan fingerprint density at radius 3 is 2.85 bits per heavy atom. The normalized spacial score (nSPS) is 12.3. The van der Waals surface area contributed by atoms with Gasteiger partial charge < -0.3 is 10.3 Å². The molecule has 6 heteroatoms. The predicted molar refractivity (Wildman–Crippen MR) is 107 cm³/mol. The summed E-state index contributed by atoms with van der Waals surface area (Å²) in [6.45, 7) is 2.07. The van der Waals surface area contributed by atoms with E-state index in [1.807, 2.05) is 12.3 Å². The number of aromatic nitrogens is 2. The summed E-state index contributed by atoms with van der Waals surface area (Å²) >= 11 is 4.23. The molecule has 0 aliphatic rings. The van der Waals surface area contributed by atoms with E-state index in [2.05, 4.69) is 34.8 Å². The molecule has 0 spiro atoms. The summed E-state index contributed by atoms with van der Waals surface area (Å²) in [7, 11) is 0. The number of carbonyl (C=O) groups excluding carboxylic acids is 1. The third-order valence-electron chi connectivity index (χ3n) is 4.46. The number of hydrogen-bond acceptors (Lipinski definition) is 3. The first-order chi connectivity index (χ1) is 12.6. The second-order valence-corrected chi connectivity index (χ2v) is 6.76. The van der Waals surface area contributed by atoms with Crippen molar-refractivity contribution in [3.8, 4) is 11.1 Å². The molecule has 0 saturated carbocycles. The number of carbonyl (C=O) groups is 1. The number of halogens is 1. The molecular formula is C20H22FN3OS. The molecule has 1 aromatic carbocycles. The number of rotatable bonds is 7. The molecule has 26 heavy (non-hydrogen) atoms. The summed E-state index contributed by atoms with van der Waals surface area (Å²) in [5, 5.41) is 3.82. The molecule has 2 N–H and O–H groups in total. The Bertz CT molecular complexity index is 886. The van der Waals surface area contributed by atoms with Crippen LogP contribution in [0.25, 0.3) is 22.0 Å². The second-order valence-electron chi connectivity index (χ2n) is 6.31. The fourth-order valence-corrected chi connectivity index (χ4v) is 3.42. The second kappa shape index (κ2) is 8.36. The number of thiol groups is 1. The van der Waals surface area contributed by atoms with Gasteiger partial charge in [0.2, 0.25) is 5.91 Å². The SMILES string of the molecule is CCCC(CCS)C(=O)Nc1ccc(-c2c[nH]c3cc(F)ccc23)cn1. The summed E-state index contributed by atoms with van der Waals surface area (Å²) in [6, 6.07) is 8.35. The smallest absolute Gasteiger partial charge is 0.228 e. The molecule has 0 fully saturated rings. The number of fused-ring (bicyclic) bond motifs is 1. The van der Waals surface area contributed by atoms with E-state index in [0.29, 0.717) is 11.6 Å². The Balaban J connectivity index is 1.76. The van der Waals surface area contributed by atoms with E-state index in [1.54, 1.807) is 18.3 Å². The number of H-pyrrole nitrogens is 1. The summed E-state index contributed by atoms with van der Waals surface area (Å²) in [5.74, 6) is 0.895. The van der Waals surface area contributed by atoms with E-state index in [-0.39, 0.29) is 17.6 Å². The van der Waals surface area contributed by atoms with E-state index < -0.39 is 0 Å². The zero-order valence-corrected chi connectivity index (χ0v) is 15.5. The van der Waals surface area contributed by atoms with E-state index >= 15 is 0 Å². The summed E-state index contributed by atoms with van der Waals surface area (Å²) in [6.07, 6.45) is 6.11. The molecule has 0 bridgehead atoms. The van der Waals surface area contributed by atoms with Gasteiger partial charge in [-0.05, 0) is 48.9 Å². The number of pyridine rings is 1. The lowest BCUT2D eigenvalue weighted by atomic mass is 10.00. The van der Waals surface area contributed by atoms with Gasteiger partial charge in [-0.15, -0.1) is 0 Å². The molecule has 1 amide bonds. The number of anilines is 1. The number of aromatic amines is 1. The Morgan fingerprint density at radius 1 is 1.31 bits per heavy atom. The first kappa shape index (κ1) is 18.5. The fourth-order valence-electron chi connectivity index (χ4n) is 3.10. The summed E-state index contributed by atoms with van der Waals surface area (Å²) in [5.41, 5.74) is 2.59. The molecule has 0 saturated heterocycles. The molecule has 2 heterocycles. The van der Waals surface area contributed by atoms with Gasteiger partial charge in [0, 0.05) is 40.3 Å². The van der Waals surface area contributed by atoms with Crippen LogP contribution < -0.4 is 5.32 Å². The van der Waals surface area contributed by atoms with Crippen molar-refractivity contribution in [3.05, 3.63) is 48.5 Å². The van der Waals surface area contributed by atoms with Gasteiger partial charge in [-0.25, -0.2) is 9.37 Å². The first-order valence-electron chi connectivity index (χ1n) is 8.77. The van der Waals surface area contributed by atoms with Gasteiger partial charge in [-0.1, -0.05) is 13.3 Å². The number of hydrogen-bond donors (Lipinski definition) is 3. The highest BCUT2D eigenvalue weighted by Gasteiger charge is 2.17. The molecule has 4 nitrogen and oxygen atoms in total. The van der Waals surface area contributed by atoms with E-state index in [4.69, 9.17) is 0 Å². The molecule has 136 valence electrons. The molecule has 1 atom stereocenters. The van der Waals surface area contributed by atoms with Crippen molar-refractivity contribution >= 4 is 35.3 Å². The molecule has 3 rings (SSSR count). The lowest BCUT2D eigenvalue weighted by Gasteiger charge is -2.14. The van der Waals surface area contributed by atoms with Gasteiger partial charge in [-0.3, -0.25) is 4.79 Å². The Hall–Kier alpha value is -2.34.